The van der Waals surface area contributed by atoms with Gasteiger partial charge >= 0.3 is 6.18 Å². The van der Waals surface area contributed by atoms with Crippen LogP contribution >= 0.6 is 0 Å². The molecule has 1 aliphatic rings. The van der Waals surface area contributed by atoms with Crippen molar-refractivity contribution in [2.45, 2.75) is 32.5 Å². The Morgan fingerprint density at radius 2 is 2.07 bits per heavy atom. The quantitative estimate of drug-likeness (QED) is 0.436. The summed E-state index contributed by atoms with van der Waals surface area (Å²) in [7, 11) is 0. The molecule has 1 aliphatic heterocycles. The highest BCUT2D eigenvalue weighted by molar-refractivity contribution is 5.79. The molecular formula is C19H28F3N3O3. The maximum Gasteiger partial charge on any atom is 0.416 e. The van der Waals surface area contributed by atoms with Crippen LogP contribution in [0.1, 0.15) is 25.8 Å². The first kappa shape index (κ1) is 22.3. The normalized spacial score (nSPS) is 17.6. The van der Waals surface area contributed by atoms with Crippen molar-refractivity contribution >= 4 is 5.96 Å². The van der Waals surface area contributed by atoms with Gasteiger partial charge in [-0.05, 0) is 31.5 Å². The van der Waals surface area contributed by atoms with Crippen LogP contribution in [-0.4, -0.2) is 56.6 Å². The van der Waals surface area contributed by atoms with Gasteiger partial charge in [-0.3, -0.25) is 4.99 Å². The highest BCUT2D eigenvalue weighted by Crippen LogP contribution is 2.31. The molecule has 0 aromatic heterocycles. The predicted octanol–water partition coefficient (Wildman–Crippen LogP) is 2.43. The lowest BCUT2D eigenvalue weighted by Gasteiger charge is -2.38. The van der Waals surface area contributed by atoms with E-state index in [1.54, 1.807) is 0 Å². The average molecular weight is 403 g/mol. The second-order valence-electron chi connectivity index (χ2n) is 6.90. The molecule has 0 spiro atoms. The van der Waals surface area contributed by atoms with Gasteiger partial charge in [0.05, 0.1) is 43.9 Å². The topological polar surface area (TPSA) is 75.1 Å². The monoisotopic (exact) mass is 403 g/mol. The lowest BCUT2D eigenvalue weighted by atomic mass is 9.87. The lowest BCUT2D eigenvalue weighted by Crippen LogP contribution is -2.49. The number of aliphatic imine (C=N–C) groups is 1. The van der Waals surface area contributed by atoms with E-state index in [-0.39, 0.29) is 23.9 Å². The van der Waals surface area contributed by atoms with E-state index in [0.29, 0.717) is 45.2 Å². The number of aliphatic hydroxyl groups excluding tert-OH is 1. The van der Waals surface area contributed by atoms with E-state index in [1.165, 1.54) is 12.1 Å². The minimum atomic E-state index is -4.40. The van der Waals surface area contributed by atoms with Crippen LogP contribution in [0, 0.1) is 5.41 Å². The number of guanidine groups is 1. The number of rotatable bonds is 9. The molecule has 0 radical (unpaired) electrons. The van der Waals surface area contributed by atoms with Crippen molar-refractivity contribution in [3.05, 3.63) is 29.8 Å². The number of halogens is 3. The van der Waals surface area contributed by atoms with Gasteiger partial charge in [0.1, 0.15) is 11.9 Å². The van der Waals surface area contributed by atoms with Gasteiger partial charge in [-0.15, -0.1) is 0 Å². The second-order valence-corrected chi connectivity index (χ2v) is 6.90. The van der Waals surface area contributed by atoms with Crippen LogP contribution in [-0.2, 0) is 10.9 Å². The Bertz CT molecular complexity index is 643. The molecule has 1 aromatic rings. The van der Waals surface area contributed by atoms with Gasteiger partial charge < -0.3 is 25.2 Å². The van der Waals surface area contributed by atoms with Crippen LogP contribution < -0.4 is 15.4 Å². The molecule has 1 saturated heterocycles. The van der Waals surface area contributed by atoms with Gasteiger partial charge in [0.25, 0.3) is 0 Å². The zero-order chi connectivity index (χ0) is 20.6. The molecule has 1 unspecified atom stereocenters. The molecule has 6 nitrogen and oxygen atoms in total. The molecular weight excluding hydrogens is 375 g/mol. The summed E-state index contributed by atoms with van der Waals surface area (Å²) < 4.78 is 49.4. The van der Waals surface area contributed by atoms with Gasteiger partial charge in [0.2, 0.25) is 0 Å². The van der Waals surface area contributed by atoms with Crippen molar-refractivity contribution in [1.82, 2.24) is 10.6 Å². The number of aliphatic hydroxyl groups is 1. The average Bonchev–Trinajstić information content (AvgIpc) is 2.63. The standard InChI is InChI=1S/C19H28F3N3O3/c1-3-15(28-16-7-5-6-14(8-16)19(20,21)22)9-24-17(23-4-2)25-10-18(11-26)12-27-13-18/h5-8,15,26H,3-4,9-13H2,1-2H3,(H2,23,24,25). The van der Waals surface area contributed by atoms with E-state index in [2.05, 4.69) is 15.6 Å². The van der Waals surface area contributed by atoms with E-state index in [9.17, 15) is 18.3 Å². The number of benzene rings is 1. The highest BCUT2D eigenvalue weighted by Gasteiger charge is 2.38. The zero-order valence-electron chi connectivity index (χ0n) is 16.2. The number of alkyl halides is 3. The van der Waals surface area contributed by atoms with Crippen molar-refractivity contribution in [3.8, 4) is 5.75 Å². The summed E-state index contributed by atoms with van der Waals surface area (Å²) in [5.74, 6) is 0.740. The maximum absolute atomic E-state index is 12.9. The Balaban J connectivity index is 1.95. The molecule has 0 aliphatic carbocycles. The SMILES string of the molecule is CCNC(=NCC1(CO)COC1)NCC(CC)Oc1cccc(C(F)(F)F)c1. The second kappa shape index (κ2) is 9.97. The van der Waals surface area contributed by atoms with E-state index in [1.807, 2.05) is 13.8 Å². The number of ether oxygens (including phenoxy) is 2. The number of hydrogen-bond donors (Lipinski definition) is 3. The molecule has 0 amide bonds. The van der Waals surface area contributed by atoms with Crippen molar-refractivity contribution < 1.29 is 27.8 Å². The Kier molecular flexibility index (Phi) is 7.94. The van der Waals surface area contributed by atoms with Crippen LogP contribution in [0.5, 0.6) is 5.75 Å². The molecule has 1 aromatic carbocycles. The van der Waals surface area contributed by atoms with E-state index in [4.69, 9.17) is 9.47 Å². The third-order valence-corrected chi connectivity index (χ3v) is 4.49. The summed E-state index contributed by atoms with van der Waals surface area (Å²) in [6.07, 6.45) is -4.12. The summed E-state index contributed by atoms with van der Waals surface area (Å²) in [6, 6.07) is 4.87. The molecule has 2 rings (SSSR count). The Morgan fingerprint density at radius 1 is 1.32 bits per heavy atom. The first-order chi connectivity index (χ1) is 13.3. The van der Waals surface area contributed by atoms with E-state index < -0.39 is 11.7 Å². The Hall–Kier alpha value is -2.00. The fourth-order valence-corrected chi connectivity index (χ4v) is 2.63. The molecule has 0 bridgehead atoms. The van der Waals surface area contributed by atoms with Gasteiger partial charge in [-0.2, -0.15) is 13.2 Å². The highest BCUT2D eigenvalue weighted by atomic mass is 19.4. The summed E-state index contributed by atoms with van der Waals surface area (Å²) in [5.41, 5.74) is -1.07. The maximum atomic E-state index is 12.9. The predicted molar refractivity (Wildman–Crippen MR) is 100 cm³/mol. The molecule has 1 heterocycles. The molecule has 3 N–H and O–H groups in total. The smallest absolute Gasteiger partial charge is 0.416 e. The molecule has 1 fully saturated rings. The van der Waals surface area contributed by atoms with Crippen LogP contribution in [0.3, 0.4) is 0 Å². The van der Waals surface area contributed by atoms with Gasteiger partial charge in [0.15, 0.2) is 5.96 Å². The van der Waals surface area contributed by atoms with E-state index in [0.717, 1.165) is 12.1 Å². The van der Waals surface area contributed by atoms with Crippen molar-refractivity contribution in [1.29, 1.82) is 0 Å². The third-order valence-electron chi connectivity index (χ3n) is 4.49. The first-order valence-corrected chi connectivity index (χ1v) is 9.36. The molecule has 158 valence electrons. The summed E-state index contributed by atoms with van der Waals surface area (Å²) in [6.45, 7) is 6.24. The van der Waals surface area contributed by atoms with Crippen molar-refractivity contribution in [3.63, 3.8) is 0 Å². The van der Waals surface area contributed by atoms with Crippen molar-refractivity contribution in [2.75, 3.05) is 39.5 Å². The molecule has 0 saturated carbocycles. The number of nitrogens with one attached hydrogen (secondary N) is 2. The van der Waals surface area contributed by atoms with Crippen LogP contribution in [0.4, 0.5) is 13.2 Å². The summed E-state index contributed by atoms with van der Waals surface area (Å²) >= 11 is 0. The summed E-state index contributed by atoms with van der Waals surface area (Å²) in [5, 5.41) is 15.8. The zero-order valence-corrected chi connectivity index (χ0v) is 16.2. The lowest BCUT2D eigenvalue weighted by molar-refractivity contribution is -0.137. The minimum Gasteiger partial charge on any atom is -0.489 e. The third kappa shape index (κ3) is 6.27. The van der Waals surface area contributed by atoms with Gasteiger partial charge in [0, 0.05) is 6.54 Å². The van der Waals surface area contributed by atoms with Gasteiger partial charge in [-0.1, -0.05) is 13.0 Å². The molecule has 28 heavy (non-hydrogen) atoms. The number of nitrogens with zero attached hydrogens (tertiary/aromatic N) is 1. The Morgan fingerprint density at radius 3 is 2.61 bits per heavy atom. The van der Waals surface area contributed by atoms with Gasteiger partial charge in [-0.25, -0.2) is 0 Å². The summed E-state index contributed by atoms with van der Waals surface area (Å²) in [4.78, 5) is 4.49. The first-order valence-electron chi connectivity index (χ1n) is 9.36. The molecule has 1 atom stereocenters. The fourth-order valence-electron chi connectivity index (χ4n) is 2.63. The largest absolute Gasteiger partial charge is 0.489 e. The van der Waals surface area contributed by atoms with Crippen LogP contribution in [0.15, 0.2) is 29.3 Å². The Labute approximate surface area is 163 Å². The van der Waals surface area contributed by atoms with Crippen LogP contribution in [0.25, 0.3) is 0 Å². The van der Waals surface area contributed by atoms with E-state index >= 15 is 0 Å². The molecule has 9 heteroatoms. The minimum absolute atomic E-state index is 0.00610. The van der Waals surface area contributed by atoms with Crippen LogP contribution in [0.2, 0.25) is 0 Å². The number of hydrogen-bond acceptors (Lipinski definition) is 4. The van der Waals surface area contributed by atoms with Crippen molar-refractivity contribution in [2.24, 2.45) is 10.4 Å². The fraction of sp³-hybridized carbons (Fsp3) is 0.632.